The Bertz CT molecular complexity index is 486. The molecule has 1 aromatic heterocycles. The topological polar surface area (TPSA) is 96.5 Å². The van der Waals surface area contributed by atoms with Crippen LogP contribution in [0, 0.1) is 13.8 Å². The number of nitrogens with one attached hydrogen (secondary N) is 1. The van der Waals surface area contributed by atoms with Crippen molar-refractivity contribution in [3.63, 3.8) is 0 Å². The second-order valence-corrected chi connectivity index (χ2v) is 3.48. The van der Waals surface area contributed by atoms with Crippen LogP contribution in [0.15, 0.2) is 0 Å². The van der Waals surface area contributed by atoms with Gasteiger partial charge in [-0.3, -0.25) is 4.79 Å². The number of Topliss-reactive ketones (excluding diaryl/α,β-unsaturated/α-hetero) is 1. The number of esters is 1. The molecule has 0 aliphatic heterocycles. The highest BCUT2D eigenvalue weighted by atomic mass is 16.5. The molecular formula is C11H13NO5. The Morgan fingerprint density at radius 1 is 1.29 bits per heavy atom. The van der Waals surface area contributed by atoms with E-state index in [1.165, 1.54) is 6.92 Å². The fraction of sp³-hybridized carbons (Fsp3) is 0.364. The maximum absolute atomic E-state index is 11.6. The van der Waals surface area contributed by atoms with E-state index in [1.54, 1.807) is 13.8 Å². The summed E-state index contributed by atoms with van der Waals surface area (Å²) in [6.45, 7) is 4.97. The average Bonchev–Trinajstić information content (AvgIpc) is 2.53. The number of ketones is 1. The summed E-state index contributed by atoms with van der Waals surface area (Å²) in [5.74, 6) is -3.20. The summed E-state index contributed by atoms with van der Waals surface area (Å²) >= 11 is 0. The molecule has 0 atom stereocenters. The van der Waals surface area contributed by atoms with Gasteiger partial charge in [-0.2, -0.15) is 0 Å². The normalized spacial score (nSPS) is 10.1. The van der Waals surface area contributed by atoms with E-state index in [1.807, 2.05) is 0 Å². The van der Waals surface area contributed by atoms with Gasteiger partial charge in [0, 0.05) is 5.69 Å². The van der Waals surface area contributed by atoms with E-state index < -0.39 is 17.7 Å². The van der Waals surface area contributed by atoms with Gasteiger partial charge in [0.25, 0.3) is 5.78 Å². The van der Waals surface area contributed by atoms with Gasteiger partial charge in [-0.1, -0.05) is 0 Å². The maximum atomic E-state index is 11.6. The van der Waals surface area contributed by atoms with E-state index in [-0.39, 0.29) is 17.9 Å². The summed E-state index contributed by atoms with van der Waals surface area (Å²) in [4.78, 5) is 36.1. The van der Waals surface area contributed by atoms with E-state index in [2.05, 4.69) is 4.98 Å². The highest BCUT2D eigenvalue weighted by Crippen LogP contribution is 2.19. The van der Waals surface area contributed by atoms with E-state index in [0.717, 1.165) is 0 Å². The molecule has 0 amide bonds. The molecule has 17 heavy (non-hydrogen) atoms. The average molecular weight is 239 g/mol. The monoisotopic (exact) mass is 239 g/mol. The second-order valence-electron chi connectivity index (χ2n) is 3.48. The molecule has 1 rings (SSSR count). The van der Waals surface area contributed by atoms with Gasteiger partial charge >= 0.3 is 11.9 Å². The highest BCUT2D eigenvalue weighted by molar-refractivity contribution is 6.39. The summed E-state index contributed by atoms with van der Waals surface area (Å²) in [5, 5.41) is 8.62. The van der Waals surface area contributed by atoms with Crippen molar-refractivity contribution in [2.24, 2.45) is 0 Å². The number of H-pyrrole nitrogens is 1. The molecule has 0 saturated heterocycles. The van der Waals surface area contributed by atoms with Crippen molar-refractivity contribution in [1.29, 1.82) is 0 Å². The number of rotatable bonds is 4. The Morgan fingerprint density at radius 3 is 2.35 bits per heavy atom. The molecule has 0 radical (unpaired) electrons. The van der Waals surface area contributed by atoms with Crippen LogP contribution in [0.3, 0.4) is 0 Å². The number of hydrogen-bond donors (Lipinski definition) is 2. The van der Waals surface area contributed by atoms with Crippen molar-refractivity contribution < 1.29 is 24.2 Å². The molecule has 6 nitrogen and oxygen atoms in total. The van der Waals surface area contributed by atoms with E-state index in [0.29, 0.717) is 11.3 Å². The molecule has 0 bridgehead atoms. The summed E-state index contributed by atoms with van der Waals surface area (Å²) in [5.41, 5.74) is 0.855. The van der Waals surface area contributed by atoms with Crippen LogP contribution in [0.25, 0.3) is 0 Å². The smallest absolute Gasteiger partial charge is 0.378 e. The maximum Gasteiger partial charge on any atom is 0.378 e. The van der Waals surface area contributed by atoms with Crippen LogP contribution in [0.4, 0.5) is 0 Å². The third kappa shape index (κ3) is 2.35. The van der Waals surface area contributed by atoms with Crippen LogP contribution in [0.1, 0.15) is 39.0 Å². The highest BCUT2D eigenvalue weighted by Gasteiger charge is 2.25. The molecule has 0 fully saturated rings. The van der Waals surface area contributed by atoms with Crippen molar-refractivity contribution in [3.05, 3.63) is 22.5 Å². The van der Waals surface area contributed by atoms with Gasteiger partial charge in [-0.25, -0.2) is 9.59 Å². The lowest BCUT2D eigenvalue weighted by Crippen LogP contribution is -2.14. The van der Waals surface area contributed by atoms with Gasteiger partial charge in [0.2, 0.25) is 0 Å². The van der Waals surface area contributed by atoms with Gasteiger partial charge in [0.15, 0.2) is 0 Å². The molecule has 92 valence electrons. The number of hydrogen-bond acceptors (Lipinski definition) is 4. The number of carboxylic acids is 1. The molecular weight excluding hydrogens is 226 g/mol. The molecule has 0 aromatic carbocycles. The fourth-order valence-electron chi connectivity index (χ4n) is 1.59. The largest absolute Gasteiger partial charge is 0.475 e. The molecule has 2 N–H and O–H groups in total. The van der Waals surface area contributed by atoms with Gasteiger partial charge < -0.3 is 14.8 Å². The van der Waals surface area contributed by atoms with Crippen molar-refractivity contribution >= 4 is 17.7 Å². The summed E-state index contributed by atoms with van der Waals surface area (Å²) in [6.07, 6.45) is 0. The molecule has 0 saturated carbocycles. The molecule has 0 unspecified atom stereocenters. The minimum Gasteiger partial charge on any atom is -0.475 e. The lowest BCUT2D eigenvalue weighted by molar-refractivity contribution is -0.131. The lowest BCUT2D eigenvalue weighted by atomic mass is 10.1. The standard InChI is InChI=1S/C11H13NO5/c1-4-17-11(16)7-5(2)8(12-6(7)3)9(13)10(14)15/h12H,4H2,1-3H3,(H,14,15). The summed E-state index contributed by atoms with van der Waals surface area (Å²) < 4.78 is 4.83. The lowest BCUT2D eigenvalue weighted by Gasteiger charge is -2.01. The van der Waals surface area contributed by atoms with Crippen LogP contribution < -0.4 is 0 Å². The first-order valence-corrected chi connectivity index (χ1v) is 5.04. The number of carbonyl (C=O) groups excluding carboxylic acids is 2. The first kappa shape index (κ1) is 13.0. The number of aliphatic carboxylic acids is 1. The van der Waals surface area contributed by atoms with E-state index >= 15 is 0 Å². The zero-order valence-corrected chi connectivity index (χ0v) is 9.79. The number of aromatic amines is 1. The van der Waals surface area contributed by atoms with Gasteiger partial charge in [-0.05, 0) is 26.3 Å². The van der Waals surface area contributed by atoms with Crippen molar-refractivity contribution in [2.45, 2.75) is 20.8 Å². The van der Waals surface area contributed by atoms with E-state index in [9.17, 15) is 14.4 Å². The third-order valence-electron chi connectivity index (χ3n) is 2.34. The van der Waals surface area contributed by atoms with Crippen molar-refractivity contribution in [3.8, 4) is 0 Å². The molecule has 1 aromatic rings. The first-order chi connectivity index (χ1) is 7.90. The Kier molecular flexibility index (Phi) is 3.67. The van der Waals surface area contributed by atoms with Gasteiger partial charge in [0.1, 0.15) is 0 Å². The number of carbonyl (C=O) groups is 3. The molecule has 0 spiro atoms. The Balaban J connectivity index is 3.23. The zero-order valence-electron chi connectivity index (χ0n) is 9.79. The Hall–Kier alpha value is -2.11. The minimum absolute atomic E-state index is 0.0851. The fourth-order valence-corrected chi connectivity index (χ4v) is 1.59. The SMILES string of the molecule is CCOC(=O)c1c(C)[nH]c(C(=O)C(=O)O)c1C. The number of carboxylic acid groups (broad SMARTS) is 1. The Labute approximate surface area is 97.6 Å². The predicted octanol–water partition coefficient (Wildman–Crippen LogP) is 1.08. The third-order valence-corrected chi connectivity index (χ3v) is 2.34. The van der Waals surface area contributed by atoms with Crippen LogP contribution in [0.5, 0.6) is 0 Å². The minimum atomic E-state index is -1.57. The number of aromatic nitrogens is 1. The summed E-state index contributed by atoms with van der Waals surface area (Å²) in [7, 11) is 0. The molecule has 0 aliphatic carbocycles. The van der Waals surface area contributed by atoms with E-state index in [4.69, 9.17) is 9.84 Å². The van der Waals surface area contributed by atoms with Crippen LogP contribution in [-0.2, 0) is 9.53 Å². The van der Waals surface area contributed by atoms with Gasteiger partial charge in [0.05, 0.1) is 17.9 Å². The quantitative estimate of drug-likeness (QED) is 0.465. The van der Waals surface area contributed by atoms with Crippen LogP contribution in [-0.4, -0.2) is 34.4 Å². The molecule has 0 aliphatic rings. The summed E-state index contributed by atoms with van der Waals surface area (Å²) in [6, 6.07) is 0. The number of aryl methyl sites for hydroxylation is 1. The van der Waals surface area contributed by atoms with Crippen molar-refractivity contribution in [1.82, 2.24) is 4.98 Å². The van der Waals surface area contributed by atoms with Crippen molar-refractivity contribution in [2.75, 3.05) is 6.61 Å². The first-order valence-electron chi connectivity index (χ1n) is 5.04. The predicted molar refractivity (Wildman–Crippen MR) is 58.2 cm³/mol. The number of ether oxygens (including phenoxy) is 1. The molecule has 1 heterocycles. The molecule has 6 heteroatoms. The van der Waals surface area contributed by atoms with Crippen LogP contribution >= 0.6 is 0 Å². The Morgan fingerprint density at radius 2 is 1.88 bits per heavy atom. The van der Waals surface area contributed by atoms with Crippen LogP contribution in [0.2, 0.25) is 0 Å². The zero-order chi connectivity index (χ0) is 13.2. The second kappa shape index (κ2) is 4.82. The van der Waals surface area contributed by atoms with Gasteiger partial charge in [-0.15, -0.1) is 0 Å².